The first-order valence-corrected chi connectivity index (χ1v) is 7.58. The molecule has 2 amide bonds. The molecule has 1 aliphatic rings. The molecule has 1 aliphatic heterocycles. The third kappa shape index (κ3) is 4.32. The number of aryl methyl sites for hydroxylation is 1. The van der Waals surface area contributed by atoms with E-state index in [2.05, 4.69) is 5.32 Å². The number of carbonyl (C=O) groups excluding carboxylic acids is 2. The van der Waals surface area contributed by atoms with Gasteiger partial charge in [0, 0.05) is 19.1 Å². The van der Waals surface area contributed by atoms with Crippen molar-refractivity contribution in [2.45, 2.75) is 38.6 Å². The predicted molar refractivity (Wildman–Crippen MR) is 82.9 cm³/mol. The molecule has 1 aromatic carbocycles. The second kappa shape index (κ2) is 7.60. The van der Waals surface area contributed by atoms with E-state index < -0.39 is 0 Å². The Labute approximate surface area is 130 Å². The maximum atomic E-state index is 12.3. The van der Waals surface area contributed by atoms with E-state index in [1.54, 1.807) is 0 Å². The molecule has 2 rings (SSSR count). The highest BCUT2D eigenvalue weighted by molar-refractivity contribution is 5.80. The van der Waals surface area contributed by atoms with E-state index in [-0.39, 0.29) is 24.3 Å². The second-order valence-corrected chi connectivity index (χ2v) is 5.66. The van der Waals surface area contributed by atoms with Gasteiger partial charge in [0.15, 0.2) is 0 Å². The van der Waals surface area contributed by atoms with Gasteiger partial charge >= 0.3 is 0 Å². The molecule has 0 aliphatic carbocycles. The maximum absolute atomic E-state index is 12.3. The lowest BCUT2D eigenvalue weighted by Gasteiger charge is -2.32. The molecule has 0 radical (unpaired) electrons. The quantitative estimate of drug-likeness (QED) is 0.917. The molecular formula is C17H21N3O2. The number of nitriles is 1. The summed E-state index contributed by atoms with van der Waals surface area (Å²) in [5.74, 6) is -0.0942. The Hall–Kier alpha value is -2.35. The SMILES string of the molecule is Cc1ccccc1CC(=O)N1CCC(NC(=O)CC#N)CC1. The molecule has 22 heavy (non-hydrogen) atoms. The van der Waals surface area contributed by atoms with Gasteiger partial charge in [-0.05, 0) is 30.9 Å². The van der Waals surface area contributed by atoms with E-state index in [1.807, 2.05) is 42.2 Å². The van der Waals surface area contributed by atoms with Crippen molar-refractivity contribution in [1.82, 2.24) is 10.2 Å². The molecule has 116 valence electrons. The van der Waals surface area contributed by atoms with Crippen LogP contribution in [0.4, 0.5) is 0 Å². The highest BCUT2D eigenvalue weighted by atomic mass is 16.2. The number of likely N-dealkylation sites (tertiary alicyclic amines) is 1. The normalized spacial score (nSPS) is 15.2. The van der Waals surface area contributed by atoms with Gasteiger partial charge in [0.2, 0.25) is 11.8 Å². The van der Waals surface area contributed by atoms with Crippen LogP contribution in [-0.2, 0) is 16.0 Å². The number of rotatable bonds is 4. The third-order valence-corrected chi connectivity index (χ3v) is 4.06. The fourth-order valence-electron chi connectivity index (χ4n) is 2.71. The van der Waals surface area contributed by atoms with Crippen LogP contribution in [-0.4, -0.2) is 35.8 Å². The van der Waals surface area contributed by atoms with Crippen LogP contribution in [0, 0.1) is 18.3 Å². The number of nitrogens with one attached hydrogen (secondary N) is 1. The molecule has 1 N–H and O–H groups in total. The summed E-state index contributed by atoms with van der Waals surface area (Å²) in [5, 5.41) is 11.3. The molecule has 5 heteroatoms. The number of amides is 2. The van der Waals surface area contributed by atoms with E-state index in [0.717, 1.165) is 24.0 Å². The van der Waals surface area contributed by atoms with Crippen molar-refractivity contribution in [2.75, 3.05) is 13.1 Å². The highest BCUT2D eigenvalue weighted by Crippen LogP contribution is 2.14. The Kier molecular flexibility index (Phi) is 5.54. The highest BCUT2D eigenvalue weighted by Gasteiger charge is 2.23. The minimum Gasteiger partial charge on any atom is -0.352 e. The molecule has 1 fully saturated rings. The standard InChI is InChI=1S/C17H21N3O2/c1-13-4-2-3-5-14(13)12-17(22)20-10-7-15(8-11-20)19-16(21)6-9-18/h2-5,15H,6-8,10-12H2,1H3,(H,19,21). The summed E-state index contributed by atoms with van der Waals surface area (Å²) >= 11 is 0. The van der Waals surface area contributed by atoms with E-state index in [9.17, 15) is 9.59 Å². The van der Waals surface area contributed by atoms with Crippen LogP contribution in [0.1, 0.15) is 30.4 Å². The smallest absolute Gasteiger partial charge is 0.234 e. The lowest BCUT2D eigenvalue weighted by Crippen LogP contribution is -2.46. The first-order valence-electron chi connectivity index (χ1n) is 7.58. The summed E-state index contributed by atoms with van der Waals surface area (Å²) in [6.45, 7) is 3.32. The molecule has 0 bridgehead atoms. The van der Waals surface area contributed by atoms with Gasteiger partial charge in [-0.25, -0.2) is 0 Å². The van der Waals surface area contributed by atoms with Gasteiger partial charge in [-0.3, -0.25) is 9.59 Å². The Morgan fingerprint density at radius 1 is 1.32 bits per heavy atom. The molecule has 0 unspecified atom stereocenters. The van der Waals surface area contributed by atoms with Crippen molar-refractivity contribution in [3.8, 4) is 6.07 Å². The number of nitrogens with zero attached hydrogens (tertiary/aromatic N) is 2. The number of hydrogen-bond acceptors (Lipinski definition) is 3. The first kappa shape index (κ1) is 16.0. The molecule has 0 spiro atoms. The number of piperidine rings is 1. The average molecular weight is 299 g/mol. The van der Waals surface area contributed by atoms with Gasteiger partial charge in [0.1, 0.15) is 6.42 Å². The van der Waals surface area contributed by atoms with Crippen molar-refractivity contribution in [1.29, 1.82) is 5.26 Å². The van der Waals surface area contributed by atoms with Crippen LogP contribution in [0.25, 0.3) is 0 Å². The van der Waals surface area contributed by atoms with Crippen molar-refractivity contribution in [2.24, 2.45) is 0 Å². The van der Waals surface area contributed by atoms with Gasteiger partial charge in [-0.1, -0.05) is 24.3 Å². The van der Waals surface area contributed by atoms with E-state index in [1.165, 1.54) is 0 Å². The lowest BCUT2D eigenvalue weighted by atomic mass is 10.0. The number of benzene rings is 1. The average Bonchev–Trinajstić information content (AvgIpc) is 2.50. The first-order chi connectivity index (χ1) is 10.6. The largest absolute Gasteiger partial charge is 0.352 e. The van der Waals surface area contributed by atoms with Crippen LogP contribution < -0.4 is 5.32 Å². The Balaban J connectivity index is 1.81. The number of carbonyl (C=O) groups is 2. The van der Waals surface area contributed by atoms with Crippen molar-refractivity contribution in [3.63, 3.8) is 0 Å². The Morgan fingerprint density at radius 2 is 2.00 bits per heavy atom. The molecule has 1 aromatic rings. The monoisotopic (exact) mass is 299 g/mol. The fraction of sp³-hybridized carbons (Fsp3) is 0.471. The van der Waals surface area contributed by atoms with E-state index in [0.29, 0.717) is 19.5 Å². The maximum Gasteiger partial charge on any atom is 0.234 e. The van der Waals surface area contributed by atoms with Gasteiger partial charge < -0.3 is 10.2 Å². The topological polar surface area (TPSA) is 73.2 Å². The van der Waals surface area contributed by atoms with E-state index in [4.69, 9.17) is 5.26 Å². The van der Waals surface area contributed by atoms with Crippen molar-refractivity contribution in [3.05, 3.63) is 35.4 Å². The van der Waals surface area contributed by atoms with Gasteiger partial charge in [-0.15, -0.1) is 0 Å². The molecular weight excluding hydrogens is 278 g/mol. The van der Waals surface area contributed by atoms with E-state index >= 15 is 0 Å². The molecule has 0 atom stereocenters. The third-order valence-electron chi connectivity index (χ3n) is 4.06. The molecule has 1 saturated heterocycles. The number of hydrogen-bond donors (Lipinski definition) is 1. The zero-order valence-electron chi connectivity index (χ0n) is 12.8. The van der Waals surface area contributed by atoms with Gasteiger partial charge in [-0.2, -0.15) is 5.26 Å². The van der Waals surface area contributed by atoms with Crippen LogP contribution in [0.3, 0.4) is 0 Å². The minimum atomic E-state index is -0.229. The van der Waals surface area contributed by atoms with Crippen LogP contribution in [0.2, 0.25) is 0 Å². The Bertz CT molecular complexity index is 584. The molecule has 0 aromatic heterocycles. The van der Waals surface area contributed by atoms with Crippen LogP contribution >= 0.6 is 0 Å². The van der Waals surface area contributed by atoms with Crippen LogP contribution in [0.15, 0.2) is 24.3 Å². The minimum absolute atomic E-state index is 0.0726. The summed E-state index contributed by atoms with van der Waals surface area (Å²) in [4.78, 5) is 25.6. The summed E-state index contributed by atoms with van der Waals surface area (Å²) in [6.07, 6.45) is 1.82. The van der Waals surface area contributed by atoms with Gasteiger partial charge in [0.05, 0.1) is 12.5 Å². The van der Waals surface area contributed by atoms with Crippen molar-refractivity contribution >= 4 is 11.8 Å². The Morgan fingerprint density at radius 3 is 2.64 bits per heavy atom. The fourth-order valence-corrected chi connectivity index (χ4v) is 2.71. The zero-order valence-corrected chi connectivity index (χ0v) is 12.8. The summed E-state index contributed by atoms with van der Waals surface area (Å²) in [5.41, 5.74) is 2.20. The zero-order chi connectivity index (χ0) is 15.9. The summed E-state index contributed by atoms with van der Waals surface area (Å²) in [6, 6.07) is 9.84. The van der Waals surface area contributed by atoms with Crippen molar-refractivity contribution < 1.29 is 9.59 Å². The lowest BCUT2D eigenvalue weighted by molar-refractivity contribution is -0.131. The summed E-state index contributed by atoms with van der Waals surface area (Å²) < 4.78 is 0. The predicted octanol–water partition coefficient (Wildman–Crippen LogP) is 1.56. The second-order valence-electron chi connectivity index (χ2n) is 5.66. The van der Waals surface area contributed by atoms with Crippen LogP contribution in [0.5, 0.6) is 0 Å². The molecule has 0 saturated carbocycles. The van der Waals surface area contributed by atoms with Gasteiger partial charge in [0.25, 0.3) is 0 Å². The molecule has 5 nitrogen and oxygen atoms in total. The summed E-state index contributed by atoms with van der Waals surface area (Å²) in [7, 11) is 0. The molecule has 1 heterocycles.